The average molecular weight is 480 g/mol. The summed E-state index contributed by atoms with van der Waals surface area (Å²) in [5.74, 6) is 0.120. The summed E-state index contributed by atoms with van der Waals surface area (Å²) in [4.78, 5) is 19.9. The molecule has 2 N–H and O–H groups in total. The summed E-state index contributed by atoms with van der Waals surface area (Å²) in [6.45, 7) is 12.1. The number of carbonyl (C=O) groups is 1. The fourth-order valence-corrected chi connectivity index (χ4v) is 5.12. The number of aromatic nitrogens is 1. The Kier molecular flexibility index (Phi) is 7.86. The van der Waals surface area contributed by atoms with Crippen molar-refractivity contribution in [2.24, 2.45) is 11.3 Å². The maximum Gasteiger partial charge on any atom is 0.245 e. The van der Waals surface area contributed by atoms with E-state index in [9.17, 15) is 9.90 Å². The first-order valence-corrected chi connectivity index (χ1v) is 12.4. The molecular weight excluding hydrogens is 446 g/mol. The monoisotopic (exact) mass is 479 g/mol. The van der Waals surface area contributed by atoms with Crippen LogP contribution in [0.1, 0.15) is 52.3 Å². The third-order valence-electron chi connectivity index (χ3n) is 6.30. The predicted molar refractivity (Wildman–Crippen MR) is 130 cm³/mol. The number of likely N-dealkylation sites (tertiary alicyclic amines) is 1. The number of carbonyl (C=O) groups excluding carboxylic acids is 1. The summed E-state index contributed by atoms with van der Waals surface area (Å²) in [5, 5.41) is 18.3. The Morgan fingerprint density at radius 1 is 1.34 bits per heavy atom. The van der Waals surface area contributed by atoms with Crippen LogP contribution in [0.2, 0.25) is 5.02 Å². The van der Waals surface area contributed by atoms with Gasteiger partial charge in [0, 0.05) is 35.5 Å². The zero-order valence-electron chi connectivity index (χ0n) is 19.5. The number of benzene rings is 1. The van der Waals surface area contributed by atoms with E-state index >= 15 is 0 Å². The van der Waals surface area contributed by atoms with Crippen LogP contribution >= 0.6 is 22.9 Å². The molecule has 8 heteroatoms. The van der Waals surface area contributed by atoms with E-state index in [0.29, 0.717) is 37.7 Å². The molecule has 0 saturated carbocycles. The van der Waals surface area contributed by atoms with E-state index in [1.165, 1.54) is 11.3 Å². The van der Waals surface area contributed by atoms with E-state index in [1.54, 1.807) is 12.1 Å². The van der Waals surface area contributed by atoms with Gasteiger partial charge in [-0.05, 0) is 37.0 Å². The van der Waals surface area contributed by atoms with Crippen LogP contribution in [0.25, 0.3) is 0 Å². The van der Waals surface area contributed by atoms with Gasteiger partial charge in [0.1, 0.15) is 6.04 Å². The number of aliphatic hydroxyl groups is 1. The molecule has 1 aliphatic rings. The average Bonchev–Trinajstić information content (AvgIpc) is 3.19. The molecule has 176 valence electrons. The van der Waals surface area contributed by atoms with Crippen molar-refractivity contribution in [3.05, 3.63) is 45.9 Å². The van der Waals surface area contributed by atoms with Gasteiger partial charge in [-0.25, -0.2) is 4.98 Å². The molecule has 1 aromatic carbocycles. The lowest BCUT2D eigenvalue weighted by atomic mass is 9.66. The molecule has 0 spiro atoms. The van der Waals surface area contributed by atoms with Crippen molar-refractivity contribution >= 4 is 34.0 Å². The number of hydrogen-bond donors (Lipinski definition) is 2. The van der Waals surface area contributed by atoms with Crippen molar-refractivity contribution in [1.29, 1.82) is 0 Å². The third kappa shape index (κ3) is 5.28. The molecule has 6 nitrogen and oxygen atoms in total. The van der Waals surface area contributed by atoms with Gasteiger partial charge >= 0.3 is 0 Å². The van der Waals surface area contributed by atoms with E-state index in [4.69, 9.17) is 16.3 Å². The van der Waals surface area contributed by atoms with E-state index in [2.05, 4.69) is 10.3 Å². The van der Waals surface area contributed by atoms with Crippen LogP contribution in [-0.2, 0) is 21.7 Å². The highest BCUT2D eigenvalue weighted by molar-refractivity contribution is 7.13. The number of amides is 1. The van der Waals surface area contributed by atoms with Gasteiger partial charge < -0.3 is 20.1 Å². The Balaban J connectivity index is 1.73. The molecule has 2 aromatic rings. The topological polar surface area (TPSA) is 74.7 Å². The van der Waals surface area contributed by atoms with Gasteiger partial charge in [-0.3, -0.25) is 4.79 Å². The molecule has 1 aromatic heterocycles. The van der Waals surface area contributed by atoms with Gasteiger partial charge in [0.15, 0.2) is 5.13 Å². The number of nitrogens with zero attached hydrogens (tertiary/aromatic N) is 2. The number of hydrogen-bond acceptors (Lipinski definition) is 6. The van der Waals surface area contributed by atoms with E-state index < -0.39 is 17.1 Å². The van der Waals surface area contributed by atoms with Gasteiger partial charge in [-0.2, -0.15) is 0 Å². The molecule has 2 atom stereocenters. The number of nitrogens with one attached hydrogen (secondary N) is 1. The maximum atomic E-state index is 13.5. The first-order valence-electron chi connectivity index (χ1n) is 11.1. The second-order valence-corrected chi connectivity index (χ2v) is 10.7. The maximum absolute atomic E-state index is 13.5. The molecular formula is C24H34ClN3O3S. The Labute approximate surface area is 199 Å². The SMILES string of the molecule is CCOCc1csc(N[C@@H](C(=O)N2CC[C@](O)(c3ccc(Cl)cc3)C(C)(C)C2)C(C)C)n1. The smallest absolute Gasteiger partial charge is 0.245 e. The predicted octanol–water partition coefficient (Wildman–Crippen LogP) is 4.92. The summed E-state index contributed by atoms with van der Waals surface area (Å²) >= 11 is 7.52. The lowest BCUT2D eigenvalue weighted by molar-refractivity contribution is -0.154. The van der Waals surface area contributed by atoms with Crippen LogP contribution in [0.4, 0.5) is 5.13 Å². The highest BCUT2D eigenvalue weighted by Crippen LogP contribution is 2.46. The van der Waals surface area contributed by atoms with Crippen LogP contribution in [0.5, 0.6) is 0 Å². The second-order valence-electron chi connectivity index (χ2n) is 9.41. The molecule has 0 radical (unpaired) electrons. The number of piperidine rings is 1. The van der Waals surface area contributed by atoms with E-state index in [1.807, 2.05) is 57.0 Å². The van der Waals surface area contributed by atoms with Crippen LogP contribution < -0.4 is 5.32 Å². The molecule has 1 fully saturated rings. The summed E-state index contributed by atoms with van der Waals surface area (Å²) < 4.78 is 5.42. The fraction of sp³-hybridized carbons (Fsp3) is 0.583. The Bertz CT molecular complexity index is 915. The number of anilines is 1. The second kappa shape index (κ2) is 10.1. The van der Waals surface area contributed by atoms with Crippen LogP contribution in [-0.4, -0.2) is 46.6 Å². The normalized spacial score (nSPS) is 21.6. The molecule has 2 heterocycles. The van der Waals surface area contributed by atoms with Gasteiger partial charge in [0.05, 0.1) is 17.9 Å². The Hall–Kier alpha value is -1.67. The van der Waals surface area contributed by atoms with Crippen molar-refractivity contribution in [2.45, 2.75) is 59.3 Å². The van der Waals surface area contributed by atoms with Gasteiger partial charge in [0.25, 0.3) is 0 Å². The molecule has 0 bridgehead atoms. The van der Waals surface area contributed by atoms with E-state index in [0.717, 1.165) is 16.4 Å². The van der Waals surface area contributed by atoms with Gasteiger partial charge in [-0.15, -0.1) is 11.3 Å². The molecule has 32 heavy (non-hydrogen) atoms. The molecule has 1 saturated heterocycles. The highest BCUT2D eigenvalue weighted by Gasteiger charge is 2.50. The number of ether oxygens (including phenoxy) is 1. The Morgan fingerprint density at radius 2 is 2.03 bits per heavy atom. The minimum atomic E-state index is -1.03. The van der Waals surface area contributed by atoms with Crippen molar-refractivity contribution < 1.29 is 14.6 Å². The minimum Gasteiger partial charge on any atom is -0.384 e. The van der Waals surface area contributed by atoms with Crippen molar-refractivity contribution in [1.82, 2.24) is 9.88 Å². The van der Waals surface area contributed by atoms with Crippen LogP contribution in [0.3, 0.4) is 0 Å². The van der Waals surface area contributed by atoms with Gasteiger partial charge in [0.2, 0.25) is 5.91 Å². The first-order chi connectivity index (χ1) is 15.1. The molecule has 1 aliphatic heterocycles. The summed E-state index contributed by atoms with van der Waals surface area (Å²) in [6, 6.07) is 6.97. The number of rotatable bonds is 8. The molecule has 0 unspecified atom stereocenters. The Morgan fingerprint density at radius 3 is 2.62 bits per heavy atom. The quantitative estimate of drug-likeness (QED) is 0.562. The van der Waals surface area contributed by atoms with Crippen LogP contribution in [0.15, 0.2) is 29.6 Å². The number of halogens is 1. The molecule has 3 rings (SSSR count). The molecule has 0 aliphatic carbocycles. The summed E-state index contributed by atoms with van der Waals surface area (Å²) in [6.07, 6.45) is 0.466. The van der Waals surface area contributed by atoms with E-state index in [-0.39, 0.29) is 11.8 Å². The zero-order chi connectivity index (χ0) is 23.5. The fourth-order valence-electron chi connectivity index (χ4n) is 4.26. The zero-order valence-corrected chi connectivity index (χ0v) is 21.1. The third-order valence-corrected chi connectivity index (χ3v) is 7.37. The first kappa shape index (κ1) is 25.0. The largest absolute Gasteiger partial charge is 0.384 e. The standard InChI is InChI=1S/C24H34ClN3O3S/c1-6-31-13-19-14-32-22(26-19)27-20(16(2)3)21(29)28-12-11-24(30,23(4,5)15-28)17-7-9-18(25)10-8-17/h7-10,14,16,20,30H,6,11-13,15H2,1-5H3,(H,26,27)/t20-,24+/m1/s1. The van der Waals surface area contributed by atoms with Gasteiger partial charge in [-0.1, -0.05) is 51.4 Å². The van der Waals surface area contributed by atoms with Crippen molar-refractivity contribution in [3.8, 4) is 0 Å². The van der Waals surface area contributed by atoms with Crippen molar-refractivity contribution in [3.63, 3.8) is 0 Å². The lowest BCUT2D eigenvalue weighted by Crippen LogP contribution is -2.59. The lowest BCUT2D eigenvalue weighted by Gasteiger charge is -2.51. The summed E-state index contributed by atoms with van der Waals surface area (Å²) in [5.41, 5.74) is 0.143. The molecule has 1 amide bonds. The highest BCUT2D eigenvalue weighted by atomic mass is 35.5. The summed E-state index contributed by atoms with van der Waals surface area (Å²) in [7, 11) is 0. The minimum absolute atomic E-state index is 0.0350. The van der Waals surface area contributed by atoms with Crippen molar-refractivity contribution in [2.75, 3.05) is 25.0 Å². The number of thiazole rings is 1. The van der Waals surface area contributed by atoms with Crippen LogP contribution in [0, 0.1) is 11.3 Å².